The van der Waals surface area contributed by atoms with Gasteiger partial charge < -0.3 is 9.84 Å². The molecule has 0 aromatic heterocycles. The molecule has 1 N–H and O–H groups in total. The van der Waals surface area contributed by atoms with Gasteiger partial charge in [0.15, 0.2) is 0 Å². The van der Waals surface area contributed by atoms with E-state index in [1.807, 2.05) is 6.92 Å². The van der Waals surface area contributed by atoms with E-state index in [1.165, 1.54) is 6.07 Å². The third-order valence-electron chi connectivity index (χ3n) is 2.78. The van der Waals surface area contributed by atoms with E-state index in [2.05, 4.69) is 0 Å². The van der Waals surface area contributed by atoms with Gasteiger partial charge in [-0.15, -0.1) is 0 Å². The number of rotatable bonds is 5. The zero-order valence-electron chi connectivity index (χ0n) is 10.3. The number of benzene rings is 1. The summed E-state index contributed by atoms with van der Waals surface area (Å²) in [7, 11) is 0. The minimum absolute atomic E-state index is 0.137. The van der Waals surface area contributed by atoms with Crippen LogP contribution in [0.4, 0.5) is 4.39 Å². The normalized spacial score (nSPS) is 13.8. The highest BCUT2D eigenvalue weighted by molar-refractivity contribution is 6.31. The lowest BCUT2D eigenvalue weighted by Crippen LogP contribution is -2.40. The standard InChI is InChI=1S/C13H18ClFO2/c1-4-17-13(2,3)12(16)8-9-10(14)6-5-7-11(9)15/h5-7,12,16H,4,8H2,1-3H3. The highest BCUT2D eigenvalue weighted by Gasteiger charge is 2.29. The summed E-state index contributed by atoms with van der Waals surface area (Å²) in [6, 6.07) is 4.49. The first-order valence-corrected chi connectivity index (χ1v) is 6.01. The van der Waals surface area contributed by atoms with Crippen LogP contribution in [0.3, 0.4) is 0 Å². The first kappa shape index (κ1) is 14.4. The Morgan fingerprint density at radius 2 is 2.12 bits per heavy atom. The van der Waals surface area contributed by atoms with Crippen LogP contribution in [-0.2, 0) is 11.2 Å². The van der Waals surface area contributed by atoms with E-state index in [0.29, 0.717) is 17.2 Å². The van der Waals surface area contributed by atoms with Gasteiger partial charge in [0.25, 0.3) is 0 Å². The van der Waals surface area contributed by atoms with Gasteiger partial charge in [-0.1, -0.05) is 17.7 Å². The minimum Gasteiger partial charge on any atom is -0.390 e. The molecule has 1 rings (SSSR count). The molecule has 2 nitrogen and oxygen atoms in total. The van der Waals surface area contributed by atoms with Gasteiger partial charge in [-0.2, -0.15) is 0 Å². The SMILES string of the molecule is CCOC(C)(C)C(O)Cc1c(F)cccc1Cl. The summed E-state index contributed by atoms with van der Waals surface area (Å²) in [5.41, 5.74) is -0.394. The molecule has 0 radical (unpaired) electrons. The molecule has 4 heteroatoms. The van der Waals surface area contributed by atoms with Crippen LogP contribution < -0.4 is 0 Å². The van der Waals surface area contributed by atoms with Gasteiger partial charge in [-0.05, 0) is 32.9 Å². The first-order valence-electron chi connectivity index (χ1n) is 5.63. The van der Waals surface area contributed by atoms with Gasteiger partial charge in [0.2, 0.25) is 0 Å². The van der Waals surface area contributed by atoms with E-state index >= 15 is 0 Å². The lowest BCUT2D eigenvalue weighted by molar-refractivity contribution is -0.0957. The monoisotopic (exact) mass is 260 g/mol. The Balaban J connectivity index is 2.84. The number of ether oxygens (including phenoxy) is 1. The summed E-state index contributed by atoms with van der Waals surface area (Å²) < 4.78 is 19.0. The maximum absolute atomic E-state index is 13.5. The zero-order chi connectivity index (χ0) is 13.1. The number of hydrogen-bond donors (Lipinski definition) is 1. The van der Waals surface area contributed by atoms with Crippen LogP contribution in [0.5, 0.6) is 0 Å². The highest BCUT2D eigenvalue weighted by atomic mass is 35.5. The van der Waals surface area contributed by atoms with Crippen molar-refractivity contribution in [2.75, 3.05) is 6.61 Å². The molecule has 0 heterocycles. The average Bonchev–Trinajstić information content (AvgIpc) is 2.23. The molecule has 17 heavy (non-hydrogen) atoms. The van der Waals surface area contributed by atoms with Gasteiger partial charge in [0.1, 0.15) is 5.82 Å². The summed E-state index contributed by atoms with van der Waals surface area (Å²) in [5, 5.41) is 10.4. The summed E-state index contributed by atoms with van der Waals surface area (Å²) in [5.74, 6) is -0.399. The Morgan fingerprint density at radius 1 is 1.47 bits per heavy atom. The van der Waals surface area contributed by atoms with Crippen molar-refractivity contribution in [2.24, 2.45) is 0 Å². The molecular formula is C13H18ClFO2. The van der Waals surface area contributed by atoms with Crippen LogP contribution in [0.25, 0.3) is 0 Å². The molecule has 0 aliphatic rings. The summed E-state index contributed by atoms with van der Waals surface area (Å²) in [6.45, 7) is 5.89. The molecule has 0 saturated carbocycles. The molecule has 0 amide bonds. The van der Waals surface area contributed by atoms with Crippen molar-refractivity contribution in [3.05, 3.63) is 34.6 Å². The van der Waals surface area contributed by atoms with Crippen molar-refractivity contribution < 1.29 is 14.2 Å². The Morgan fingerprint density at radius 3 is 2.65 bits per heavy atom. The molecule has 0 aliphatic carbocycles. The van der Waals surface area contributed by atoms with Crippen LogP contribution in [0.15, 0.2) is 18.2 Å². The summed E-state index contributed by atoms with van der Waals surface area (Å²) in [4.78, 5) is 0. The fourth-order valence-corrected chi connectivity index (χ4v) is 1.87. The topological polar surface area (TPSA) is 29.5 Å². The molecule has 1 aromatic rings. The zero-order valence-corrected chi connectivity index (χ0v) is 11.1. The van der Waals surface area contributed by atoms with Crippen LogP contribution in [-0.4, -0.2) is 23.4 Å². The average molecular weight is 261 g/mol. The molecule has 0 aliphatic heterocycles. The fraction of sp³-hybridized carbons (Fsp3) is 0.538. The molecule has 1 unspecified atom stereocenters. The van der Waals surface area contributed by atoms with Gasteiger partial charge in [0.05, 0.1) is 11.7 Å². The number of hydrogen-bond acceptors (Lipinski definition) is 2. The quantitative estimate of drug-likeness (QED) is 0.881. The third-order valence-corrected chi connectivity index (χ3v) is 3.13. The maximum atomic E-state index is 13.5. The van der Waals surface area contributed by atoms with Gasteiger partial charge in [-0.25, -0.2) is 4.39 Å². The number of aliphatic hydroxyl groups is 1. The second kappa shape index (κ2) is 5.80. The van der Waals surface area contributed by atoms with E-state index in [-0.39, 0.29) is 6.42 Å². The van der Waals surface area contributed by atoms with E-state index in [4.69, 9.17) is 16.3 Å². The van der Waals surface area contributed by atoms with Crippen molar-refractivity contribution in [1.29, 1.82) is 0 Å². The maximum Gasteiger partial charge on any atom is 0.127 e. The smallest absolute Gasteiger partial charge is 0.127 e. The fourth-order valence-electron chi connectivity index (χ4n) is 1.63. The van der Waals surface area contributed by atoms with Crippen molar-refractivity contribution in [1.82, 2.24) is 0 Å². The Bertz CT molecular complexity index is 359. The minimum atomic E-state index is -0.808. The molecular weight excluding hydrogens is 243 g/mol. The van der Waals surface area contributed by atoms with Gasteiger partial charge >= 0.3 is 0 Å². The van der Waals surface area contributed by atoms with Crippen LogP contribution in [0.1, 0.15) is 26.3 Å². The van der Waals surface area contributed by atoms with Crippen LogP contribution in [0.2, 0.25) is 5.02 Å². The highest BCUT2D eigenvalue weighted by Crippen LogP contribution is 2.25. The lowest BCUT2D eigenvalue weighted by Gasteiger charge is -2.30. The lowest BCUT2D eigenvalue weighted by atomic mass is 9.94. The molecule has 0 bridgehead atoms. The molecule has 1 atom stereocenters. The Hall–Kier alpha value is -0.640. The first-order chi connectivity index (χ1) is 7.88. The van der Waals surface area contributed by atoms with E-state index < -0.39 is 17.5 Å². The molecule has 0 saturated heterocycles. The van der Waals surface area contributed by atoms with Crippen molar-refractivity contribution in [3.8, 4) is 0 Å². The van der Waals surface area contributed by atoms with E-state index in [9.17, 15) is 9.50 Å². The second-order valence-corrected chi connectivity index (χ2v) is 4.86. The largest absolute Gasteiger partial charge is 0.390 e. The molecule has 96 valence electrons. The van der Waals surface area contributed by atoms with Gasteiger partial charge in [0, 0.05) is 23.6 Å². The Labute approximate surface area is 106 Å². The third kappa shape index (κ3) is 3.66. The van der Waals surface area contributed by atoms with Crippen LogP contribution >= 0.6 is 11.6 Å². The molecule has 0 spiro atoms. The predicted molar refractivity (Wildman–Crippen MR) is 66.8 cm³/mol. The van der Waals surface area contributed by atoms with Crippen molar-refractivity contribution in [2.45, 2.75) is 38.9 Å². The predicted octanol–water partition coefficient (Wildman–Crippen LogP) is 3.20. The summed E-state index contributed by atoms with van der Waals surface area (Å²) >= 11 is 5.91. The van der Waals surface area contributed by atoms with E-state index in [0.717, 1.165) is 0 Å². The number of halogens is 2. The second-order valence-electron chi connectivity index (χ2n) is 4.46. The number of aliphatic hydroxyl groups excluding tert-OH is 1. The van der Waals surface area contributed by atoms with E-state index in [1.54, 1.807) is 26.0 Å². The van der Waals surface area contributed by atoms with Crippen molar-refractivity contribution >= 4 is 11.6 Å². The Kier molecular flexibility index (Phi) is 4.92. The van der Waals surface area contributed by atoms with Gasteiger partial charge in [-0.3, -0.25) is 0 Å². The molecule has 1 aromatic carbocycles. The summed E-state index contributed by atoms with van der Waals surface area (Å²) in [6.07, 6.45) is -0.671. The van der Waals surface area contributed by atoms with Crippen LogP contribution in [0, 0.1) is 5.82 Å². The van der Waals surface area contributed by atoms with Crippen molar-refractivity contribution in [3.63, 3.8) is 0 Å². The molecule has 0 fully saturated rings.